The Morgan fingerprint density at radius 3 is 2.68 bits per heavy atom. The number of hydrogen-bond donors (Lipinski definition) is 2. The van der Waals surface area contributed by atoms with E-state index in [-0.39, 0.29) is 6.04 Å². The van der Waals surface area contributed by atoms with Crippen LogP contribution in [0.15, 0.2) is 12.3 Å². The van der Waals surface area contributed by atoms with E-state index in [1.54, 1.807) is 4.57 Å². The third-order valence-electron chi connectivity index (χ3n) is 3.16. The van der Waals surface area contributed by atoms with Gasteiger partial charge in [-0.25, -0.2) is 4.79 Å². The lowest BCUT2D eigenvalue weighted by molar-refractivity contribution is 0.0522. The van der Waals surface area contributed by atoms with Crippen molar-refractivity contribution in [3.05, 3.63) is 23.5 Å². The standard InChI is InChI=1S/C16H26N4O2/c1-6-13(10-19-15(21)22-16(2,3)4)18-9-12-7-14(8-17)20(5)11-12/h7,11,13,18H,6,9-10H2,1-5H3,(H,19,21). The summed E-state index contributed by atoms with van der Waals surface area (Å²) >= 11 is 0. The van der Waals surface area contributed by atoms with E-state index in [1.807, 2.05) is 40.1 Å². The number of carbonyl (C=O) groups is 1. The molecule has 6 heteroatoms. The molecule has 22 heavy (non-hydrogen) atoms. The summed E-state index contributed by atoms with van der Waals surface area (Å²) in [6, 6.07) is 4.15. The van der Waals surface area contributed by atoms with Crippen LogP contribution in [0.2, 0.25) is 0 Å². The van der Waals surface area contributed by atoms with Gasteiger partial charge in [-0.15, -0.1) is 0 Å². The third-order valence-corrected chi connectivity index (χ3v) is 3.16. The molecule has 0 aliphatic carbocycles. The van der Waals surface area contributed by atoms with Gasteiger partial charge in [-0.05, 0) is 38.8 Å². The molecule has 1 amide bonds. The first kappa shape index (κ1) is 18.1. The van der Waals surface area contributed by atoms with Crippen molar-refractivity contribution in [1.29, 1.82) is 5.26 Å². The smallest absolute Gasteiger partial charge is 0.407 e. The van der Waals surface area contributed by atoms with Gasteiger partial charge in [-0.2, -0.15) is 5.26 Å². The van der Waals surface area contributed by atoms with Gasteiger partial charge in [0.2, 0.25) is 0 Å². The number of nitrogens with zero attached hydrogens (tertiary/aromatic N) is 2. The summed E-state index contributed by atoms with van der Waals surface area (Å²) in [6.07, 6.45) is 2.41. The zero-order valence-electron chi connectivity index (χ0n) is 14.1. The molecule has 6 nitrogen and oxygen atoms in total. The highest BCUT2D eigenvalue weighted by molar-refractivity contribution is 5.67. The number of carbonyl (C=O) groups excluding carboxylic acids is 1. The highest BCUT2D eigenvalue weighted by atomic mass is 16.6. The van der Waals surface area contributed by atoms with Crippen molar-refractivity contribution in [2.45, 2.75) is 52.3 Å². The van der Waals surface area contributed by atoms with Crippen LogP contribution in [0.5, 0.6) is 0 Å². The zero-order chi connectivity index (χ0) is 16.8. The maximum atomic E-state index is 11.6. The number of rotatable bonds is 6. The number of amides is 1. The van der Waals surface area contributed by atoms with Crippen molar-refractivity contribution in [2.75, 3.05) is 6.54 Å². The van der Waals surface area contributed by atoms with Crippen molar-refractivity contribution in [3.8, 4) is 6.07 Å². The molecule has 0 bridgehead atoms. The van der Waals surface area contributed by atoms with Gasteiger partial charge in [0.25, 0.3) is 0 Å². The fourth-order valence-corrected chi connectivity index (χ4v) is 1.98. The van der Waals surface area contributed by atoms with Crippen LogP contribution in [0.1, 0.15) is 45.4 Å². The Morgan fingerprint density at radius 2 is 2.18 bits per heavy atom. The normalized spacial score (nSPS) is 12.5. The molecule has 1 unspecified atom stereocenters. The van der Waals surface area contributed by atoms with Crippen molar-refractivity contribution in [3.63, 3.8) is 0 Å². The van der Waals surface area contributed by atoms with E-state index >= 15 is 0 Å². The lowest BCUT2D eigenvalue weighted by Crippen LogP contribution is -2.42. The topological polar surface area (TPSA) is 79.1 Å². The Morgan fingerprint density at radius 1 is 1.50 bits per heavy atom. The second-order valence-electron chi connectivity index (χ2n) is 6.33. The molecular weight excluding hydrogens is 280 g/mol. The number of aromatic nitrogens is 1. The van der Waals surface area contributed by atoms with E-state index in [4.69, 9.17) is 10.00 Å². The van der Waals surface area contributed by atoms with E-state index in [9.17, 15) is 4.79 Å². The summed E-state index contributed by atoms with van der Waals surface area (Å²) in [4.78, 5) is 11.6. The van der Waals surface area contributed by atoms with Crippen molar-refractivity contribution >= 4 is 6.09 Å². The van der Waals surface area contributed by atoms with Crippen LogP contribution >= 0.6 is 0 Å². The van der Waals surface area contributed by atoms with Crippen molar-refractivity contribution < 1.29 is 9.53 Å². The minimum Gasteiger partial charge on any atom is -0.444 e. The maximum absolute atomic E-state index is 11.6. The lowest BCUT2D eigenvalue weighted by atomic mass is 10.2. The minimum atomic E-state index is -0.489. The monoisotopic (exact) mass is 306 g/mol. The van der Waals surface area contributed by atoms with Crippen LogP contribution in [0.25, 0.3) is 0 Å². The first-order valence-electron chi connectivity index (χ1n) is 7.50. The second kappa shape index (κ2) is 7.85. The van der Waals surface area contributed by atoms with Gasteiger partial charge >= 0.3 is 6.09 Å². The van der Waals surface area contributed by atoms with E-state index in [1.165, 1.54) is 0 Å². The van der Waals surface area contributed by atoms with E-state index in [0.717, 1.165) is 12.0 Å². The number of nitriles is 1. The molecule has 0 aliphatic rings. The van der Waals surface area contributed by atoms with Gasteiger partial charge in [0.1, 0.15) is 17.4 Å². The molecule has 0 fully saturated rings. The first-order chi connectivity index (χ1) is 10.2. The number of nitrogens with one attached hydrogen (secondary N) is 2. The molecule has 1 aromatic rings. The molecule has 0 saturated carbocycles. The highest BCUT2D eigenvalue weighted by Crippen LogP contribution is 2.07. The molecule has 0 aromatic carbocycles. The second-order valence-corrected chi connectivity index (χ2v) is 6.33. The predicted octanol–water partition coefficient (Wildman–Crippen LogP) is 2.29. The Bertz CT molecular complexity index is 537. The predicted molar refractivity (Wildman–Crippen MR) is 85.3 cm³/mol. The summed E-state index contributed by atoms with van der Waals surface area (Å²) in [5.74, 6) is 0. The van der Waals surface area contributed by atoms with E-state index in [2.05, 4.69) is 23.6 Å². The summed E-state index contributed by atoms with van der Waals surface area (Å²) in [5, 5.41) is 15.1. The number of ether oxygens (including phenoxy) is 1. The highest BCUT2D eigenvalue weighted by Gasteiger charge is 2.17. The minimum absolute atomic E-state index is 0.151. The van der Waals surface area contributed by atoms with Gasteiger partial charge in [0.05, 0.1) is 0 Å². The zero-order valence-corrected chi connectivity index (χ0v) is 14.1. The average Bonchev–Trinajstić information content (AvgIpc) is 2.77. The van der Waals surface area contributed by atoms with Crippen LogP contribution in [-0.2, 0) is 18.3 Å². The van der Waals surface area contributed by atoms with Gasteiger partial charge in [0, 0.05) is 32.4 Å². The Balaban J connectivity index is 2.42. The van der Waals surface area contributed by atoms with Crippen LogP contribution in [-0.4, -0.2) is 28.8 Å². The van der Waals surface area contributed by atoms with Gasteiger partial charge in [-0.3, -0.25) is 0 Å². The largest absolute Gasteiger partial charge is 0.444 e. The number of alkyl carbamates (subject to hydrolysis) is 1. The Labute approximate surface area is 132 Å². The summed E-state index contributed by atoms with van der Waals surface area (Å²) in [7, 11) is 1.85. The number of hydrogen-bond acceptors (Lipinski definition) is 4. The quantitative estimate of drug-likeness (QED) is 0.845. The van der Waals surface area contributed by atoms with Crippen LogP contribution in [0.4, 0.5) is 4.79 Å². The molecule has 1 rings (SSSR count). The maximum Gasteiger partial charge on any atom is 0.407 e. The molecule has 0 aliphatic heterocycles. The Hall–Kier alpha value is -2.00. The van der Waals surface area contributed by atoms with Gasteiger partial charge < -0.3 is 19.9 Å². The van der Waals surface area contributed by atoms with Crippen molar-refractivity contribution in [1.82, 2.24) is 15.2 Å². The molecule has 1 heterocycles. The summed E-state index contributed by atoms with van der Waals surface area (Å²) in [5.41, 5.74) is 1.20. The SMILES string of the molecule is CCC(CNC(=O)OC(C)(C)C)NCc1cc(C#N)n(C)c1. The fourth-order valence-electron chi connectivity index (χ4n) is 1.98. The average molecular weight is 306 g/mol. The molecule has 0 saturated heterocycles. The third kappa shape index (κ3) is 6.19. The first-order valence-corrected chi connectivity index (χ1v) is 7.50. The van der Waals surface area contributed by atoms with Crippen molar-refractivity contribution in [2.24, 2.45) is 7.05 Å². The lowest BCUT2D eigenvalue weighted by Gasteiger charge is -2.22. The molecule has 0 radical (unpaired) electrons. The molecule has 1 atom stereocenters. The summed E-state index contributed by atoms with van der Waals surface area (Å²) in [6.45, 7) is 8.73. The fraction of sp³-hybridized carbons (Fsp3) is 0.625. The molecule has 0 spiro atoms. The molecule has 2 N–H and O–H groups in total. The van der Waals surface area contributed by atoms with Crippen LogP contribution in [0, 0.1) is 11.3 Å². The molecule has 122 valence electrons. The van der Waals surface area contributed by atoms with E-state index in [0.29, 0.717) is 18.8 Å². The van der Waals surface area contributed by atoms with Crippen LogP contribution < -0.4 is 10.6 Å². The van der Waals surface area contributed by atoms with Gasteiger partial charge in [0.15, 0.2) is 0 Å². The van der Waals surface area contributed by atoms with Gasteiger partial charge in [-0.1, -0.05) is 6.92 Å². The number of aryl methyl sites for hydroxylation is 1. The molecule has 1 aromatic heterocycles. The Kier molecular flexibility index (Phi) is 6.44. The summed E-state index contributed by atoms with van der Waals surface area (Å²) < 4.78 is 7.01. The van der Waals surface area contributed by atoms with E-state index < -0.39 is 11.7 Å². The molecular formula is C16H26N4O2. The van der Waals surface area contributed by atoms with Crippen LogP contribution in [0.3, 0.4) is 0 Å².